The molecule has 0 aliphatic carbocycles. The van der Waals surface area contributed by atoms with Crippen molar-refractivity contribution in [3.63, 3.8) is 0 Å². The summed E-state index contributed by atoms with van der Waals surface area (Å²) in [5.41, 5.74) is 2.55. The molecule has 0 atom stereocenters. The van der Waals surface area contributed by atoms with Crippen LogP contribution in [0.3, 0.4) is 0 Å². The SMILES string of the molecule is COc1cc(NC(=O)Cc2c[nH]c3ccccc23)c(C(C)=O)c(OC)c1. The summed E-state index contributed by atoms with van der Waals surface area (Å²) in [7, 11) is 2.98. The molecular weight excluding hydrogens is 332 g/mol. The maximum Gasteiger partial charge on any atom is 0.228 e. The van der Waals surface area contributed by atoms with E-state index in [1.165, 1.54) is 21.1 Å². The average molecular weight is 352 g/mol. The monoisotopic (exact) mass is 352 g/mol. The van der Waals surface area contributed by atoms with Gasteiger partial charge < -0.3 is 19.8 Å². The number of fused-ring (bicyclic) bond motifs is 1. The average Bonchev–Trinajstić information content (AvgIpc) is 3.03. The van der Waals surface area contributed by atoms with Crippen molar-refractivity contribution in [3.05, 3.63) is 53.7 Å². The minimum Gasteiger partial charge on any atom is -0.497 e. The topological polar surface area (TPSA) is 80.4 Å². The summed E-state index contributed by atoms with van der Waals surface area (Å²) in [6.45, 7) is 1.43. The predicted molar refractivity (Wildman–Crippen MR) is 100 cm³/mol. The zero-order valence-electron chi connectivity index (χ0n) is 14.9. The molecule has 0 aliphatic rings. The maximum absolute atomic E-state index is 12.6. The van der Waals surface area contributed by atoms with Crippen LogP contribution in [0.2, 0.25) is 0 Å². The number of hydrogen-bond acceptors (Lipinski definition) is 4. The molecule has 2 N–H and O–H groups in total. The zero-order chi connectivity index (χ0) is 18.7. The highest BCUT2D eigenvalue weighted by Crippen LogP contribution is 2.33. The summed E-state index contributed by atoms with van der Waals surface area (Å²) in [5.74, 6) is 0.424. The number of rotatable bonds is 6. The molecule has 1 aromatic heterocycles. The number of Topliss-reactive ketones (excluding diaryl/α,β-unsaturated/α-hetero) is 1. The number of nitrogens with one attached hydrogen (secondary N) is 2. The Bertz CT molecular complexity index is 975. The molecule has 26 heavy (non-hydrogen) atoms. The van der Waals surface area contributed by atoms with E-state index in [-0.39, 0.29) is 18.1 Å². The van der Waals surface area contributed by atoms with Crippen LogP contribution in [0.25, 0.3) is 10.9 Å². The molecule has 0 saturated carbocycles. The fraction of sp³-hybridized carbons (Fsp3) is 0.200. The number of hydrogen-bond donors (Lipinski definition) is 2. The van der Waals surface area contributed by atoms with E-state index in [0.717, 1.165) is 16.5 Å². The maximum atomic E-state index is 12.6. The lowest BCUT2D eigenvalue weighted by Crippen LogP contribution is -2.17. The van der Waals surface area contributed by atoms with Crippen molar-refractivity contribution in [2.75, 3.05) is 19.5 Å². The van der Waals surface area contributed by atoms with Crippen molar-refractivity contribution in [3.8, 4) is 11.5 Å². The van der Waals surface area contributed by atoms with Gasteiger partial charge in [-0.05, 0) is 18.6 Å². The molecule has 0 saturated heterocycles. The van der Waals surface area contributed by atoms with E-state index in [9.17, 15) is 9.59 Å². The molecule has 0 radical (unpaired) electrons. The number of aromatic amines is 1. The summed E-state index contributed by atoms with van der Waals surface area (Å²) in [5, 5.41) is 3.81. The van der Waals surface area contributed by atoms with E-state index in [1.807, 2.05) is 30.5 Å². The van der Waals surface area contributed by atoms with Gasteiger partial charge in [-0.25, -0.2) is 0 Å². The quantitative estimate of drug-likeness (QED) is 0.665. The van der Waals surface area contributed by atoms with E-state index in [2.05, 4.69) is 10.3 Å². The number of aromatic nitrogens is 1. The lowest BCUT2D eigenvalue weighted by molar-refractivity contribution is -0.115. The normalized spacial score (nSPS) is 10.6. The summed E-state index contributed by atoms with van der Waals surface area (Å²) in [4.78, 5) is 27.8. The highest BCUT2D eigenvalue weighted by atomic mass is 16.5. The van der Waals surface area contributed by atoms with Crippen LogP contribution in [0.4, 0.5) is 5.69 Å². The highest BCUT2D eigenvalue weighted by Gasteiger charge is 2.18. The fourth-order valence-electron chi connectivity index (χ4n) is 2.98. The molecule has 134 valence electrons. The minimum absolute atomic E-state index is 0.181. The molecule has 1 heterocycles. The van der Waals surface area contributed by atoms with Crippen LogP contribution >= 0.6 is 0 Å². The zero-order valence-corrected chi connectivity index (χ0v) is 14.9. The Morgan fingerprint density at radius 3 is 2.58 bits per heavy atom. The number of methoxy groups -OCH3 is 2. The van der Waals surface area contributed by atoms with Crippen molar-refractivity contribution in [1.29, 1.82) is 0 Å². The Balaban J connectivity index is 1.90. The van der Waals surface area contributed by atoms with Crippen LogP contribution in [0.15, 0.2) is 42.6 Å². The summed E-state index contributed by atoms with van der Waals surface area (Å²) >= 11 is 0. The second kappa shape index (κ2) is 7.31. The van der Waals surface area contributed by atoms with Crippen molar-refractivity contribution in [2.45, 2.75) is 13.3 Å². The van der Waals surface area contributed by atoms with Crippen LogP contribution < -0.4 is 14.8 Å². The van der Waals surface area contributed by atoms with Crippen molar-refractivity contribution in [2.24, 2.45) is 0 Å². The molecule has 0 unspecified atom stereocenters. The summed E-state index contributed by atoms with van der Waals surface area (Å²) in [6.07, 6.45) is 2.00. The first-order chi connectivity index (χ1) is 12.5. The molecule has 0 fully saturated rings. The molecule has 6 nitrogen and oxygen atoms in total. The van der Waals surface area contributed by atoms with Crippen molar-refractivity contribution in [1.82, 2.24) is 4.98 Å². The molecular formula is C20H20N2O4. The van der Waals surface area contributed by atoms with E-state index in [1.54, 1.807) is 12.1 Å². The Morgan fingerprint density at radius 2 is 1.88 bits per heavy atom. The van der Waals surface area contributed by atoms with Gasteiger partial charge in [-0.15, -0.1) is 0 Å². The number of ketones is 1. The lowest BCUT2D eigenvalue weighted by atomic mass is 10.1. The first-order valence-corrected chi connectivity index (χ1v) is 8.15. The first-order valence-electron chi connectivity index (χ1n) is 8.15. The van der Waals surface area contributed by atoms with Gasteiger partial charge >= 0.3 is 0 Å². The van der Waals surface area contributed by atoms with Crippen molar-refractivity contribution < 1.29 is 19.1 Å². The van der Waals surface area contributed by atoms with Crippen LogP contribution in [-0.2, 0) is 11.2 Å². The van der Waals surface area contributed by atoms with Crippen molar-refractivity contribution >= 4 is 28.3 Å². The van der Waals surface area contributed by atoms with Gasteiger partial charge in [0, 0.05) is 29.2 Å². The number of para-hydroxylation sites is 1. The Morgan fingerprint density at radius 1 is 1.12 bits per heavy atom. The van der Waals surface area contributed by atoms with E-state index in [4.69, 9.17) is 9.47 Å². The fourth-order valence-corrected chi connectivity index (χ4v) is 2.98. The van der Waals surface area contributed by atoms with E-state index < -0.39 is 0 Å². The third kappa shape index (κ3) is 3.39. The predicted octanol–water partition coefficient (Wildman–Crippen LogP) is 3.57. The smallest absolute Gasteiger partial charge is 0.228 e. The molecule has 0 bridgehead atoms. The van der Waals surface area contributed by atoms with Gasteiger partial charge in [-0.2, -0.15) is 0 Å². The number of anilines is 1. The molecule has 2 aromatic carbocycles. The van der Waals surface area contributed by atoms with E-state index >= 15 is 0 Å². The Kier molecular flexibility index (Phi) is 4.93. The molecule has 3 aromatic rings. The van der Waals surface area contributed by atoms with Gasteiger partial charge in [0.1, 0.15) is 11.5 Å². The number of carbonyl (C=O) groups excluding carboxylic acids is 2. The van der Waals surface area contributed by atoms with Gasteiger partial charge in [0.25, 0.3) is 0 Å². The lowest BCUT2D eigenvalue weighted by Gasteiger charge is -2.15. The molecule has 1 amide bonds. The highest BCUT2D eigenvalue weighted by molar-refractivity contribution is 6.07. The Hall–Kier alpha value is -3.28. The van der Waals surface area contributed by atoms with Gasteiger partial charge in [-0.3, -0.25) is 9.59 Å². The van der Waals surface area contributed by atoms with E-state index in [0.29, 0.717) is 22.7 Å². The standard InChI is InChI=1S/C20H20N2O4/c1-12(23)20-17(9-14(25-2)10-18(20)26-3)22-19(24)8-13-11-21-16-7-5-4-6-15(13)16/h4-7,9-11,21H,8H2,1-3H3,(H,22,24). The molecule has 0 aliphatic heterocycles. The van der Waals surface area contributed by atoms with Crippen LogP contribution in [-0.4, -0.2) is 30.9 Å². The number of amides is 1. The largest absolute Gasteiger partial charge is 0.497 e. The van der Waals surface area contributed by atoms with Gasteiger partial charge in [0.05, 0.1) is 31.9 Å². The molecule has 6 heteroatoms. The number of H-pyrrole nitrogens is 1. The van der Waals surface area contributed by atoms with Crippen LogP contribution in [0.5, 0.6) is 11.5 Å². The Labute approximate surface area is 151 Å². The van der Waals surface area contributed by atoms with Gasteiger partial charge in [0.2, 0.25) is 5.91 Å². The van der Waals surface area contributed by atoms with Crippen LogP contribution in [0.1, 0.15) is 22.8 Å². The van der Waals surface area contributed by atoms with Crippen LogP contribution in [0, 0.1) is 0 Å². The first kappa shape index (κ1) is 17.5. The number of benzene rings is 2. The third-order valence-corrected chi connectivity index (χ3v) is 4.18. The number of carbonyl (C=O) groups is 2. The molecule has 3 rings (SSSR count). The van der Waals surface area contributed by atoms with Gasteiger partial charge in [-0.1, -0.05) is 18.2 Å². The second-order valence-electron chi connectivity index (χ2n) is 5.89. The summed E-state index contributed by atoms with van der Waals surface area (Å²) < 4.78 is 10.5. The minimum atomic E-state index is -0.229. The van der Waals surface area contributed by atoms with Gasteiger partial charge in [0.15, 0.2) is 5.78 Å². The number of ether oxygens (including phenoxy) is 2. The molecule has 0 spiro atoms. The second-order valence-corrected chi connectivity index (χ2v) is 5.89. The summed E-state index contributed by atoms with van der Waals surface area (Å²) in [6, 6.07) is 11.0. The third-order valence-electron chi connectivity index (χ3n) is 4.18.